The van der Waals surface area contributed by atoms with Crippen LogP contribution in [0, 0.1) is 0 Å². The summed E-state index contributed by atoms with van der Waals surface area (Å²) in [6.45, 7) is 0. The number of nitrogens with one attached hydrogen (secondary N) is 2. The van der Waals surface area contributed by atoms with E-state index in [-0.39, 0.29) is 24.4 Å². The standard InChI is InChI=1S/C23H25N3O7/c27-18-12-16(23(32)33-18)25-20(29)17-11-10-14-8-4-5-9-15(22(31)26(14)17)24-21(30)19(28)13-6-2-1-3-7-13/h1-7,14-17,23,32H,8-12H2,(H,24,30)(H,25,29)/t14-,15+,16?,17+,23?/m1/s1. The molecule has 2 saturated heterocycles. The fourth-order valence-electron chi connectivity index (χ4n) is 4.48. The molecule has 10 nitrogen and oxygen atoms in total. The lowest BCUT2D eigenvalue weighted by molar-refractivity contribution is -0.155. The predicted octanol–water partition coefficient (Wildman–Crippen LogP) is -0.186. The number of carbonyl (C=O) groups is 5. The molecule has 174 valence electrons. The number of fused-ring (bicyclic) bond motifs is 1. The van der Waals surface area contributed by atoms with E-state index in [1.165, 1.54) is 17.0 Å². The van der Waals surface area contributed by atoms with Crippen molar-refractivity contribution in [2.45, 2.75) is 62.6 Å². The van der Waals surface area contributed by atoms with Crippen LogP contribution in [0.3, 0.4) is 0 Å². The number of aliphatic hydroxyl groups is 1. The number of benzene rings is 1. The van der Waals surface area contributed by atoms with Crippen molar-refractivity contribution in [2.75, 3.05) is 0 Å². The average Bonchev–Trinajstić information content (AvgIpc) is 3.36. The number of esters is 1. The summed E-state index contributed by atoms with van der Waals surface area (Å²) < 4.78 is 4.65. The number of carbonyl (C=O) groups excluding carboxylic acids is 5. The van der Waals surface area contributed by atoms with Crippen LogP contribution < -0.4 is 10.6 Å². The minimum Gasteiger partial charge on any atom is -0.434 e. The summed E-state index contributed by atoms with van der Waals surface area (Å²) in [5, 5.41) is 14.9. The molecular formula is C23H25N3O7. The topological polar surface area (TPSA) is 142 Å². The van der Waals surface area contributed by atoms with Gasteiger partial charge >= 0.3 is 5.97 Å². The molecule has 1 aromatic rings. The Morgan fingerprint density at radius 2 is 1.73 bits per heavy atom. The summed E-state index contributed by atoms with van der Waals surface area (Å²) in [5.74, 6) is -3.20. The number of nitrogens with zero attached hydrogens (tertiary/aromatic N) is 1. The number of hydrogen-bond donors (Lipinski definition) is 3. The highest BCUT2D eigenvalue weighted by molar-refractivity contribution is 6.43. The van der Waals surface area contributed by atoms with Crippen molar-refractivity contribution in [3.8, 4) is 0 Å². The maximum Gasteiger partial charge on any atom is 0.310 e. The van der Waals surface area contributed by atoms with Gasteiger partial charge in [0.2, 0.25) is 23.9 Å². The summed E-state index contributed by atoms with van der Waals surface area (Å²) in [5.41, 5.74) is 0.215. The number of amides is 3. The van der Waals surface area contributed by atoms with E-state index >= 15 is 0 Å². The molecule has 2 unspecified atom stereocenters. The summed E-state index contributed by atoms with van der Waals surface area (Å²) in [7, 11) is 0. The molecule has 3 aliphatic heterocycles. The highest BCUT2D eigenvalue weighted by atomic mass is 16.6. The fourth-order valence-corrected chi connectivity index (χ4v) is 4.48. The Morgan fingerprint density at radius 3 is 2.42 bits per heavy atom. The third-order valence-electron chi connectivity index (χ3n) is 6.16. The Labute approximate surface area is 190 Å². The number of hydrogen-bond acceptors (Lipinski definition) is 7. The molecule has 3 N–H and O–H groups in total. The monoisotopic (exact) mass is 455 g/mol. The van der Waals surface area contributed by atoms with Crippen LogP contribution in [0.5, 0.6) is 0 Å². The smallest absolute Gasteiger partial charge is 0.310 e. The molecule has 10 heteroatoms. The van der Waals surface area contributed by atoms with Gasteiger partial charge in [0.25, 0.3) is 5.91 Å². The second-order valence-electron chi connectivity index (χ2n) is 8.36. The van der Waals surface area contributed by atoms with Crippen molar-refractivity contribution in [1.82, 2.24) is 15.5 Å². The van der Waals surface area contributed by atoms with Gasteiger partial charge in [-0.25, -0.2) is 0 Å². The highest BCUT2D eigenvalue weighted by Crippen LogP contribution is 2.30. The van der Waals surface area contributed by atoms with Crippen LogP contribution in [-0.2, 0) is 23.9 Å². The van der Waals surface area contributed by atoms with E-state index in [2.05, 4.69) is 15.4 Å². The van der Waals surface area contributed by atoms with E-state index in [9.17, 15) is 29.1 Å². The Morgan fingerprint density at radius 1 is 1.00 bits per heavy atom. The van der Waals surface area contributed by atoms with E-state index < -0.39 is 53.9 Å². The number of aliphatic hydroxyl groups excluding tert-OH is 1. The summed E-state index contributed by atoms with van der Waals surface area (Å²) >= 11 is 0. The van der Waals surface area contributed by atoms with Gasteiger partial charge in [0.15, 0.2) is 0 Å². The summed E-state index contributed by atoms with van der Waals surface area (Å²) in [4.78, 5) is 64.2. The lowest BCUT2D eigenvalue weighted by Crippen LogP contribution is -2.57. The molecule has 5 atom stereocenters. The fraction of sp³-hybridized carbons (Fsp3) is 0.435. The number of Topliss-reactive ketones (excluding diaryl/α,β-unsaturated/α-hetero) is 1. The third-order valence-corrected chi connectivity index (χ3v) is 6.16. The first-order valence-electron chi connectivity index (χ1n) is 10.9. The lowest BCUT2D eigenvalue weighted by Gasteiger charge is -2.34. The number of ether oxygens (including phenoxy) is 1. The van der Waals surface area contributed by atoms with Crippen molar-refractivity contribution < 1.29 is 33.8 Å². The second kappa shape index (κ2) is 9.53. The van der Waals surface area contributed by atoms with Crippen LogP contribution in [0.2, 0.25) is 0 Å². The van der Waals surface area contributed by atoms with Crippen molar-refractivity contribution >= 4 is 29.5 Å². The molecule has 0 radical (unpaired) electrons. The molecule has 2 fully saturated rings. The SMILES string of the molecule is O=C1CC(NC(=O)[C@@H]2CC[C@H]3CC=CC[C@H](NC(=O)C(=O)c4ccccc4)C(=O)N32)C(O)O1. The molecule has 0 saturated carbocycles. The predicted molar refractivity (Wildman–Crippen MR) is 113 cm³/mol. The molecule has 33 heavy (non-hydrogen) atoms. The van der Waals surface area contributed by atoms with Crippen LogP contribution in [0.1, 0.15) is 42.5 Å². The minimum atomic E-state index is -1.43. The van der Waals surface area contributed by atoms with Gasteiger partial charge in [-0.2, -0.15) is 0 Å². The molecule has 0 spiro atoms. The average molecular weight is 455 g/mol. The normalized spacial score (nSPS) is 29.0. The van der Waals surface area contributed by atoms with Gasteiger partial charge in [-0.15, -0.1) is 0 Å². The van der Waals surface area contributed by atoms with Crippen molar-refractivity contribution in [3.63, 3.8) is 0 Å². The molecule has 3 aliphatic rings. The largest absolute Gasteiger partial charge is 0.434 e. The second-order valence-corrected chi connectivity index (χ2v) is 8.36. The van der Waals surface area contributed by atoms with Gasteiger partial charge in [-0.05, 0) is 25.7 Å². The highest BCUT2D eigenvalue weighted by Gasteiger charge is 2.45. The van der Waals surface area contributed by atoms with E-state index in [0.29, 0.717) is 19.3 Å². The van der Waals surface area contributed by atoms with Gasteiger partial charge < -0.3 is 25.4 Å². The summed E-state index contributed by atoms with van der Waals surface area (Å²) in [6.07, 6.45) is 3.84. The molecule has 3 amide bonds. The van der Waals surface area contributed by atoms with Gasteiger partial charge in [-0.1, -0.05) is 42.5 Å². The third kappa shape index (κ3) is 4.80. The van der Waals surface area contributed by atoms with Crippen molar-refractivity contribution in [3.05, 3.63) is 48.0 Å². The Balaban J connectivity index is 1.48. The van der Waals surface area contributed by atoms with Crippen LogP contribution in [-0.4, -0.2) is 69.9 Å². The first-order valence-corrected chi connectivity index (χ1v) is 10.9. The first kappa shape index (κ1) is 22.7. The zero-order valence-corrected chi connectivity index (χ0v) is 17.8. The molecule has 3 heterocycles. The molecule has 0 aliphatic carbocycles. The van der Waals surface area contributed by atoms with Crippen molar-refractivity contribution in [1.29, 1.82) is 0 Å². The minimum absolute atomic E-state index is 0.153. The summed E-state index contributed by atoms with van der Waals surface area (Å²) in [6, 6.07) is 5.11. The molecule has 1 aromatic carbocycles. The van der Waals surface area contributed by atoms with Gasteiger partial charge in [0, 0.05) is 11.6 Å². The van der Waals surface area contributed by atoms with Gasteiger partial charge in [0.05, 0.1) is 6.42 Å². The Kier molecular flexibility index (Phi) is 6.55. The Hall–Kier alpha value is -3.53. The zero-order chi connectivity index (χ0) is 23.5. The van der Waals surface area contributed by atoms with Crippen molar-refractivity contribution in [2.24, 2.45) is 0 Å². The van der Waals surface area contributed by atoms with E-state index in [1.54, 1.807) is 24.3 Å². The van der Waals surface area contributed by atoms with E-state index in [0.717, 1.165) is 0 Å². The van der Waals surface area contributed by atoms with Gasteiger partial charge in [0.1, 0.15) is 18.1 Å². The van der Waals surface area contributed by atoms with Crippen LogP contribution in [0.25, 0.3) is 0 Å². The quantitative estimate of drug-likeness (QED) is 0.242. The maximum absolute atomic E-state index is 13.4. The Bertz CT molecular complexity index is 993. The van der Waals surface area contributed by atoms with Gasteiger partial charge in [-0.3, -0.25) is 24.0 Å². The molecule has 0 aromatic heterocycles. The van der Waals surface area contributed by atoms with Crippen LogP contribution in [0.15, 0.2) is 42.5 Å². The molecular weight excluding hydrogens is 430 g/mol. The zero-order valence-electron chi connectivity index (χ0n) is 17.8. The molecule has 0 bridgehead atoms. The maximum atomic E-state index is 13.4. The van der Waals surface area contributed by atoms with Crippen LogP contribution >= 0.6 is 0 Å². The van der Waals surface area contributed by atoms with E-state index in [1.807, 2.05) is 6.08 Å². The lowest BCUT2D eigenvalue weighted by atomic mass is 10.0. The molecule has 4 rings (SSSR count). The number of cyclic esters (lactones) is 1. The number of ketones is 1. The van der Waals surface area contributed by atoms with E-state index in [4.69, 9.17) is 0 Å². The number of rotatable bonds is 5. The first-order chi connectivity index (χ1) is 15.8. The van der Waals surface area contributed by atoms with Crippen LogP contribution in [0.4, 0.5) is 0 Å².